The maximum Gasteiger partial charge on any atom is 0.255 e. The molecule has 1 aromatic carbocycles. The molecule has 0 spiro atoms. The number of hydrogen-bond acceptors (Lipinski definition) is 3. The average Bonchev–Trinajstić information content (AvgIpc) is 3.19. The van der Waals surface area contributed by atoms with Crippen molar-refractivity contribution in [3.05, 3.63) is 64.5 Å². The van der Waals surface area contributed by atoms with E-state index < -0.39 is 0 Å². The number of nitrogens with zero attached hydrogens (tertiary/aromatic N) is 1. The topological polar surface area (TPSA) is 57.8 Å². The van der Waals surface area contributed by atoms with Crippen LogP contribution in [0.15, 0.2) is 54.0 Å². The number of carbonyl (C=O) groups excluding carboxylic acids is 1. The maximum absolute atomic E-state index is 12.3. The summed E-state index contributed by atoms with van der Waals surface area (Å²) in [6.45, 7) is 0.624. The van der Waals surface area contributed by atoms with E-state index in [9.17, 15) is 4.79 Å². The lowest BCUT2D eigenvalue weighted by atomic mass is 10.1. The zero-order valence-corrected chi connectivity index (χ0v) is 12.2. The van der Waals surface area contributed by atoms with E-state index in [1.165, 1.54) is 4.88 Å². The average molecular weight is 297 g/mol. The highest BCUT2D eigenvalue weighted by atomic mass is 32.1. The molecule has 2 heterocycles. The Morgan fingerprint density at radius 2 is 2.05 bits per heavy atom. The number of hydrogen-bond donors (Lipinski definition) is 2. The first-order valence-electron chi connectivity index (χ1n) is 6.74. The number of benzene rings is 1. The van der Waals surface area contributed by atoms with Crippen LogP contribution in [0.3, 0.4) is 0 Å². The molecule has 2 aromatic heterocycles. The molecular formula is C16H15N3OS. The van der Waals surface area contributed by atoms with E-state index in [0.29, 0.717) is 12.1 Å². The minimum absolute atomic E-state index is 0.0980. The van der Waals surface area contributed by atoms with Gasteiger partial charge in [0.15, 0.2) is 0 Å². The van der Waals surface area contributed by atoms with Crippen molar-refractivity contribution in [1.29, 1.82) is 0 Å². The highest BCUT2D eigenvalue weighted by molar-refractivity contribution is 7.09. The van der Waals surface area contributed by atoms with Crippen LogP contribution in [0.4, 0.5) is 0 Å². The number of thiophene rings is 1. The highest BCUT2D eigenvalue weighted by Gasteiger charge is 2.14. The van der Waals surface area contributed by atoms with Crippen molar-refractivity contribution in [2.24, 2.45) is 0 Å². The minimum Gasteiger partial charge on any atom is -0.352 e. The molecule has 0 saturated carbocycles. The van der Waals surface area contributed by atoms with Gasteiger partial charge in [0.1, 0.15) is 0 Å². The van der Waals surface area contributed by atoms with Crippen LogP contribution < -0.4 is 5.32 Å². The van der Waals surface area contributed by atoms with Crippen molar-refractivity contribution in [2.75, 3.05) is 6.54 Å². The van der Waals surface area contributed by atoms with Crippen molar-refractivity contribution < 1.29 is 4.79 Å². The molecule has 106 valence electrons. The van der Waals surface area contributed by atoms with Gasteiger partial charge in [-0.3, -0.25) is 9.89 Å². The first kappa shape index (κ1) is 13.6. The monoisotopic (exact) mass is 297 g/mol. The number of amides is 1. The summed E-state index contributed by atoms with van der Waals surface area (Å²) in [7, 11) is 0. The maximum atomic E-state index is 12.3. The van der Waals surface area contributed by atoms with Gasteiger partial charge in [0, 0.05) is 17.0 Å². The van der Waals surface area contributed by atoms with E-state index in [-0.39, 0.29) is 5.91 Å². The lowest BCUT2D eigenvalue weighted by Crippen LogP contribution is -2.25. The van der Waals surface area contributed by atoms with Gasteiger partial charge in [-0.25, -0.2) is 0 Å². The van der Waals surface area contributed by atoms with Crippen molar-refractivity contribution >= 4 is 17.2 Å². The van der Waals surface area contributed by atoms with E-state index in [1.54, 1.807) is 17.5 Å². The Bertz CT molecular complexity index is 704. The molecule has 0 aliphatic rings. The fourth-order valence-corrected chi connectivity index (χ4v) is 2.84. The van der Waals surface area contributed by atoms with E-state index >= 15 is 0 Å². The Kier molecular flexibility index (Phi) is 4.12. The van der Waals surface area contributed by atoms with E-state index in [1.807, 2.05) is 41.8 Å². The summed E-state index contributed by atoms with van der Waals surface area (Å²) < 4.78 is 0. The molecule has 3 aromatic rings. The molecule has 0 aliphatic heterocycles. The van der Waals surface area contributed by atoms with Crippen LogP contribution in [0.5, 0.6) is 0 Å². The second-order valence-corrected chi connectivity index (χ2v) is 5.64. The predicted molar refractivity (Wildman–Crippen MR) is 84.4 cm³/mol. The standard InChI is InChI=1S/C16H15N3OS/c20-16(17-9-8-13-7-4-10-21-13)14-11-18-19-15(14)12-5-2-1-3-6-12/h1-7,10-11H,8-9H2,(H,17,20)(H,18,19). The van der Waals surface area contributed by atoms with Gasteiger partial charge in [0.05, 0.1) is 17.5 Å². The lowest BCUT2D eigenvalue weighted by Gasteiger charge is -2.05. The van der Waals surface area contributed by atoms with Crippen LogP contribution in [0.1, 0.15) is 15.2 Å². The summed E-state index contributed by atoms with van der Waals surface area (Å²) in [4.78, 5) is 13.5. The summed E-state index contributed by atoms with van der Waals surface area (Å²) in [6.07, 6.45) is 2.42. The van der Waals surface area contributed by atoms with Gasteiger partial charge in [0.2, 0.25) is 0 Å². The largest absolute Gasteiger partial charge is 0.352 e. The normalized spacial score (nSPS) is 10.5. The summed E-state index contributed by atoms with van der Waals surface area (Å²) in [6, 6.07) is 13.8. The molecule has 0 atom stereocenters. The van der Waals surface area contributed by atoms with Gasteiger partial charge in [-0.1, -0.05) is 36.4 Å². The van der Waals surface area contributed by atoms with Crippen LogP contribution in [-0.2, 0) is 6.42 Å². The third-order valence-corrected chi connectivity index (χ3v) is 4.12. The third kappa shape index (κ3) is 3.20. The van der Waals surface area contributed by atoms with Gasteiger partial charge >= 0.3 is 0 Å². The number of aromatic nitrogens is 2. The van der Waals surface area contributed by atoms with Gasteiger partial charge < -0.3 is 5.32 Å². The SMILES string of the molecule is O=C(NCCc1cccs1)c1cn[nH]c1-c1ccccc1. The number of carbonyl (C=O) groups is 1. The molecule has 0 aliphatic carbocycles. The minimum atomic E-state index is -0.0980. The van der Waals surface area contributed by atoms with E-state index in [4.69, 9.17) is 0 Å². The van der Waals surface area contributed by atoms with Gasteiger partial charge in [-0.05, 0) is 17.9 Å². The molecule has 0 fully saturated rings. The molecule has 0 unspecified atom stereocenters. The first-order chi connectivity index (χ1) is 10.3. The highest BCUT2D eigenvalue weighted by Crippen LogP contribution is 2.20. The molecule has 0 radical (unpaired) electrons. The summed E-state index contributed by atoms with van der Waals surface area (Å²) in [5, 5.41) is 11.9. The predicted octanol–water partition coefficient (Wildman–Crippen LogP) is 3.11. The molecule has 21 heavy (non-hydrogen) atoms. The summed E-state index contributed by atoms with van der Waals surface area (Å²) in [5.41, 5.74) is 2.29. The summed E-state index contributed by atoms with van der Waals surface area (Å²) in [5.74, 6) is -0.0980. The van der Waals surface area contributed by atoms with E-state index in [2.05, 4.69) is 21.6 Å². The fourth-order valence-electron chi connectivity index (χ4n) is 2.13. The summed E-state index contributed by atoms with van der Waals surface area (Å²) >= 11 is 1.70. The molecular weight excluding hydrogens is 282 g/mol. The van der Waals surface area contributed by atoms with E-state index in [0.717, 1.165) is 17.7 Å². The second kappa shape index (κ2) is 6.37. The molecule has 0 bridgehead atoms. The number of aromatic amines is 1. The Labute approximate surface area is 126 Å². The molecule has 3 rings (SSSR count). The van der Waals surface area contributed by atoms with Gasteiger partial charge in [-0.2, -0.15) is 5.10 Å². The fraction of sp³-hybridized carbons (Fsp3) is 0.125. The Morgan fingerprint density at radius 1 is 1.19 bits per heavy atom. The van der Waals surface area contributed by atoms with Crippen LogP contribution in [0, 0.1) is 0 Å². The van der Waals surface area contributed by atoms with Crippen LogP contribution >= 0.6 is 11.3 Å². The smallest absolute Gasteiger partial charge is 0.255 e. The Balaban J connectivity index is 1.67. The lowest BCUT2D eigenvalue weighted by molar-refractivity contribution is 0.0955. The van der Waals surface area contributed by atoms with Crippen molar-refractivity contribution in [3.8, 4) is 11.3 Å². The second-order valence-electron chi connectivity index (χ2n) is 4.61. The zero-order chi connectivity index (χ0) is 14.5. The van der Waals surface area contributed by atoms with Crippen molar-refractivity contribution in [3.63, 3.8) is 0 Å². The van der Waals surface area contributed by atoms with Gasteiger partial charge in [0.25, 0.3) is 5.91 Å². The third-order valence-electron chi connectivity index (χ3n) is 3.18. The van der Waals surface area contributed by atoms with Crippen LogP contribution in [-0.4, -0.2) is 22.6 Å². The zero-order valence-electron chi connectivity index (χ0n) is 11.4. The Hall–Kier alpha value is -2.40. The molecule has 1 amide bonds. The van der Waals surface area contributed by atoms with Crippen molar-refractivity contribution in [2.45, 2.75) is 6.42 Å². The molecule has 0 saturated heterocycles. The molecule has 5 heteroatoms. The molecule has 4 nitrogen and oxygen atoms in total. The van der Waals surface area contributed by atoms with Crippen LogP contribution in [0.25, 0.3) is 11.3 Å². The number of nitrogens with one attached hydrogen (secondary N) is 2. The van der Waals surface area contributed by atoms with Gasteiger partial charge in [-0.15, -0.1) is 11.3 Å². The van der Waals surface area contributed by atoms with Crippen LogP contribution in [0.2, 0.25) is 0 Å². The molecule has 2 N–H and O–H groups in total. The first-order valence-corrected chi connectivity index (χ1v) is 7.62. The number of H-pyrrole nitrogens is 1. The number of rotatable bonds is 5. The Morgan fingerprint density at radius 3 is 2.81 bits per heavy atom. The van der Waals surface area contributed by atoms with Crippen molar-refractivity contribution in [1.82, 2.24) is 15.5 Å². The quantitative estimate of drug-likeness (QED) is 0.760.